The first-order valence-corrected chi connectivity index (χ1v) is 6.65. The molecule has 5 N–H and O–H groups in total. The number of hydrazine groups is 1. The summed E-state index contributed by atoms with van der Waals surface area (Å²) in [6.07, 6.45) is 3.40. The number of aromatic amines is 1. The average Bonchev–Trinajstić information content (AvgIpc) is 2.96. The van der Waals surface area contributed by atoms with Gasteiger partial charge in [0, 0.05) is 35.0 Å². The highest BCUT2D eigenvalue weighted by atomic mass is 16.1. The third-order valence-electron chi connectivity index (χ3n) is 3.01. The monoisotopic (exact) mass is 288 g/mol. The van der Waals surface area contributed by atoms with E-state index >= 15 is 0 Å². The first-order chi connectivity index (χ1) is 9.90. The number of amides is 1. The van der Waals surface area contributed by atoms with Crippen molar-refractivity contribution in [1.82, 2.24) is 20.5 Å². The third kappa shape index (κ3) is 3.79. The van der Waals surface area contributed by atoms with Gasteiger partial charge in [-0.05, 0) is 12.1 Å². The standard InChI is InChI=1S/C14H20N6O/c1-14(2,3)11-4-10(5-12(19-11)20-15)13(21)16-6-9-7-17-18-8-9/h4-5,7-8H,6,15H2,1-3H3,(H,16,21)(H,17,18)(H,19,20). The number of nitrogens with one attached hydrogen (secondary N) is 3. The summed E-state index contributed by atoms with van der Waals surface area (Å²) in [5.74, 6) is 5.71. The van der Waals surface area contributed by atoms with Gasteiger partial charge >= 0.3 is 0 Å². The van der Waals surface area contributed by atoms with Crippen LogP contribution in [0.1, 0.15) is 42.4 Å². The zero-order valence-corrected chi connectivity index (χ0v) is 12.4. The number of hydrogen-bond donors (Lipinski definition) is 4. The molecule has 2 aromatic rings. The van der Waals surface area contributed by atoms with Crippen LogP contribution in [0.2, 0.25) is 0 Å². The molecule has 21 heavy (non-hydrogen) atoms. The summed E-state index contributed by atoms with van der Waals surface area (Å²) in [6.45, 7) is 6.50. The minimum absolute atomic E-state index is 0.174. The lowest BCUT2D eigenvalue weighted by molar-refractivity contribution is 0.0950. The fourth-order valence-electron chi connectivity index (χ4n) is 1.78. The zero-order valence-electron chi connectivity index (χ0n) is 12.4. The Bertz CT molecular complexity index is 615. The lowest BCUT2D eigenvalue weighted by Crippen LogP contribution is -2.25. The predicted octanol–water partition coefficient (Wildman–Crippen LogP) is 1.32. The summed E-state index contributed by atoms with van der Waals surface area (Å²) in [4.78, 5) is 16.6. The van der Waals surface area contributed by atoms with Crippen LogP contribution < -0.4 is 16.6 Å². The van der Waals surface area contributed by atoms with Gasteiger partial charge in [-0.3, -0.25) is 9.89 Å². The number of nitrogens with zero attached hydrogens (tertiary/aromatic N) is 2. The molecule has 7 heteroatoms. The van der Waals surface area contributed by atoms with Gasteiger partial charge < -0.3 is 10.7 Å². The highest BCUT2D eigenvalue weighted by Crippen LogP contribution is 2.23. The van der Waals surface area contributed by atoms with Crippen LogP contribution in [-0.4, -0.2) is 21.1 Å². The molecule has 2 heterocycles. The van der Waals surface area contributed by atoms with Crippen molar-refractivity contribution in [2.75, 3.05) is 5.43 Å². The maximum atomic E-state index is 12.2. The second kappa shape index (κ2) is 5.92. The number of aromatic nitrogens is 3. The Hall–Kier alpha value is -2.41. The number of pyridine rings is 1. The van der Waals surface area contributed by atoms with E-state index in [4.69, 9.17) is 5.84 Å². The van der Waals surface area contributed by atoms with Gasteiger partial charge in [0.1, 0.15) is 5.82 Å². The van der Waals surface area contributed by atoms with Gasteiger partial charge in [-0.15, -0.1) is 0 Å². The number of rotatable bonds is 4. The molecule has 112 valence electrons. The van der Waals surface area contributed by atoms with Gasteiger partial charge in [-0.25, -0.2) is 10.8 Å². The van der Waals surface area contributed by atoms with Crippen LogP contribution >= 0.6 is 0 Å². The third-order valence-corrected chi connectivity index (χ3v) is 3.01. The predicted molar refractivity (Wildman–Crippen MR) is 80.5 cm³/mol. The summed E-state index contributed by atoms with van der Waals surface area (Å²) < 4.78 is 0. The minimum Gasteiger partial charge on any atom is -0.348 e. The first-order valence-electron chi connectivity index (χ1n) is 6.65. The van der Waals surface area contributed by atoms with Crippen LogP contribution in [-0.2, 0) is 12.0 Å². The molecule has 1 amide bonds. The van der Waals surface area contributed by atoms with E-state index in [2.05, 4.69) is 25.9 Å². The maximum absolute atomic E-state index is 12.2. The molecule has 0 saturated heterocycles. The van der Waals surface area contributed by atoms with Crippen molar-refractivity contribution < 1.29 is 4.79 Å². The highest BCUT2D eigenvalue weighted by molar-refractivity contribution is 5.95. The second-order valence-electron chi connectivity index (χ2n) is 5.81. The molecule has 2 rings (SSSR count). The molecular weight excluding hydrogens is 268 g/mol. The van der Waals surface area contributed by atoms with Gasteiger partial charge in [-0.2, -0.15) is 5.10 Å². The number of carbonyl (C=O) groups is 1. The van der Waals surface area contributed by atoms with Crippen LogP contribution in [0.4, 0.5) is 5.82 Å². The van der Waals surface area contributed by atoms with Gasteiger partial charge in [0.15, 0.2) is 0 Å². The largest absolute Gasteiger partial charge is 0.348 e. The van der Waals surface area contributed by atoms with E-state index in [9.17, 15) is 4.79 Å². The maximum Gasteiger partial charge on any atom is 0.251 e. The molecule has 0 saturated carbocycles. The zero-order chi connectivity index (χ0) is 15.5. The van der Waals surface area contributed by atoms with Crippen molar-refractivity contribution in [3.63, 3.8) is 0 Å². The number of nitrogens with two attached hydrogens (primary N) is 1. The summed E-state index contributed by atoms with van der Waals surface area (Å²) in [5.41, 5.74) is 4.55. The molecule has 0 aliphatic rings. The fourth-order valence-corrected chi connectivity index (χ4v) is 1.78. The van der Waals surface area contributed by atoms with Gasteiger partial charge in [0.05, 0.1) is 6.20 Å². The van der Waals surface area contributed by atoms with Crippen molar-refractivity contribution in [3.8, 4) is 0 Å². The lowest BCUT2D eigenvalue weighted by atomic mass is 9.90. The Morgan fingerprint density at radius 3 is 2.71 bits per heavy atom. The van der Waals surface area contributed by atoms with Gasteiger partial charge in [-0.1, -0.05) is 20.8 Å². The van der Waals surface area contributed by atoms with Gasteiger partial charge in [0.2, 0.25) is 0 Å². The van der Waals surface area contributed by atoms with Crippen molar-refractivity contribution in [3.05, 3.63) is 41.3 Å². The van der Waals surface area contributed by atoms with E-state index in [0.29, 0.717) is 17.9 Å². The molecule has 7 nitrogen and oxygen atoms in total. The SMILES string of the molecule is CC(C)(C)c1cc(C(=O)NCc2cn[nH]c2)cc(NN)n1. The molecule has 0 aliphatic carbocycles. The Kier molecular flexibility index (Phi) is 4.23. The van der Waals surface area contributed by atoms with Crippen LogP contribution in [0, 0.1) is 0 Å². The van der Waals surface area contributed by atoms with E-state index in [1.54, 1.807) is 24.5 Å². The van der Waals surface area contributed by atoms with Crippen molar-refractivity contribution in [2.24, 2.45) is 5.84 Å². The molecule has 0 aliphatic heterocycles. The molecule has 2 aromatic heterocycles. The van der Waals surface area contributed by atoms with Gasteiger partial charge in [0.25, 0.3) is 5.91 Å². The number of nitrogen functional groups attached to an aromatic ring is 1. The summed E-state index contributed by atoms with van der Waals surface area (Å²) in [5, 5.41) is 9.37. The summed E-state index contributed by atoms with van der Waals surface area (Å²) in [7, 11) is 0. The fraction of sp³-hybridized carbons (Fsp3) is 0.357. The first kappa shape index (κ1) is 15.0. The molecule has 0 unspecified atom stereocenters. The number of carbonyl (C=O) groups excluding carboxylic acids is 1. The van der Waals surface area contributed by atoms with E-state index in [1.165, 1.54) is 0 Å². The van der Waals surface area contributed by atoms with E-state index in [1.807, 2.05) is 20.8 Å². The van der Waals surface area contributed by atoms with Crippen LogP contribution in [0.15, 0.2) is 24.5 Å². The molecule has 0 spiro atoms. The van der Waals surface area contributed by atoms with Crippen molar-refractivity contribution in [2.45, 2.75) is 32.7 Å². The quantitative estimate of drug-likeness (QED) is 0.501. The summed E-state index contributed by atoms with van der Waals surface area (Å²) in [6, 6.07) is 3.41. The van der Waals surface area contributed by atoms with Crippen molar-refractivity contribution >= 4 is 11.7 Å². The Morgan fingerprint density at radius 1 is 1.38 bits per heavy atom. The van der Waals surface area contributed by atoms with Crippen LogP contribution in [0.25, 0.3) is 0 Å². The molecule has 0 atom stereocenters. The molecular formula is C14H20N6O. The molecule has 0 bridgehead atoms. The number of H-pyrrole nitrogens is 1. The normalized spacial score (nSPS) is 11.2. The Balaban J connectivity index is 2.19. The van der Waals surface area contributed by atoms with E-state index in [0.717, 1.165) is 11.3 Å². The van der Waals surface area contributed by atoms with Crippen LogP contribution in [0.5, 0.6) is 0 Å². The topological polar surface area (TPSA) is 109 Å². The smallest absolute Gasteiger partial charge is 0.251 e. The Labute approximate surface area is 123 Å². The summed E-state index contributed by atoms with van der Waals surface area (Å²) >= 11 is 0. The Morgan fingerprint density at radius 2 is 2.14 bits per heavy atom. The number of hydrogen-bond acceptors (Lipinski definition) is 5. The van der Waals surface area contributed by atoms with E-state index < -0.39 is 0 Å². The lowest BCUT2D eigenvalue weighted by Gasteiger charge is -2.19. The minimum atomic E-state index is -0.180. The van der Waals surface area contributed by atoms with Crippen LogP contribution in [0.3, 0.4) is 0 Å². The number of anilines is 1. The average molecular weight is 288 g/mol. The molecule has 0 fully saturated rings. The second-order valence-corrected chi connectivity index (χ2v) is 5.81. The highest BCUT2D eigenvalue weighted by Gasteiger charge is 2.19. The van der Waals surface area contributed by atoms with Crippen molar-refractivity contribution in [1.29, 1.82) is 0 Å². The molecule has 0 radical (unpaired) electrons. The molecule has 0 aromatic carbocycles. The van der Waals surface area contributed by atoms with E-state index in [-0.39, 0.29) is 11.3 Å².